The van der Waals surface area contributed by atoms with E-state index in [4.69, 9.17) is 18.9 Å². The SMILES string of the molecule is CC/C=C\C/C=C\C/C=C\C/C=C\C/C=C\C/C=C\C/C=C\CCCCCC(=O)OC(COC(=O)CCCCCCCC/C=C\C/C=C\C/C=C\C/C=C\C/C=C\C/C=C\CC)COC(OCC[N+](C)(C)C)C(=O)O. The lowest BCUT2D eigenvalue weighted by molar-refractivity contribution is -0.870. The fourth-order valence-corrected chi connectivity index (χ4v) is 6.94. The number of carboxylic acids is 1. The Balaban J connectivity index is 4.43. The monoisotopic (exact) mass is 1040 g/mol. The van der Waals surface area contributed by atoms with Crippen LogP contribution in [0.1, 0.15) is 181 Å². The molecule has 2 unspecified atom stereocenters. The standard InChI is InChI=1S/C66H103NO8/c1-6-8-10-12-14-16-18-20-22-24-26-28-30-32-34-36-38-40-42-44-46-48-50-52-54-56-63(68)73-60-62(61-74-66(65(70)71)72-59-58-67(3,4)5)75-64(69)57-55-53-51-49-47-45-43-41-39-37-35-33-31-29-27-25-23-21-19-17-15-13-11-9-7-2/h8-11,14-17,20-23,26-29,32-35,38-41,45,47,62,66H,6-7,12-13,18-19,24-25,30-31,36-37,42-44,46,48-61H2,1-5H3/p+1/b10-8-,11-9-,16-14-,17-15-,22-20-,23-21-,28-26-,29-27-,34-32-,35-33-,40-38-,41-39-,47-45-. The molecule has 9 nitrogen and oxygen atoms in total. The molecule has 0 radical (unpaired) electrons. The van der Waals surface area contributed by atoms with Gasteiger partial charge in [0.25, 0.3) is 6.29 Å². The minimum absolute atomic E-state index is 0.168. The number of carbonyl (C=O) groups excluding carboxylic acids is 2. The van der Waals surface area contributed by atoms with Gasteiger partial charge in [-0.05, 0) is 122 Å². The Hall–Kier alpha value is -5.09. The Morgan fingerprint density at radius 1 is 0.400 bits per heavy atom. The molecule has 0 fully saturated rings. The van der Waals surface area contributed by atoms with Crippen LogP contribution in [0.2, 0.25) is 0 Å². The predicted molar refractivity (Wildman–Crippen MR) is 317 cm³/mol. The number of carbonyl (C=O) groups is 3. The molecule has 0 aromatic heterocycles. The van der Waals surface area contributed by atoms with E-state index in [1.54, 1.807) is 0 Å². The number of rotatable bonds is 50. The lowest BCUT2D eigenvalue weighted by Crippen LogP contribution is -2.40. The van der Waals surface area contributed by atoms with Crippen molar-refractivity contribution in [3.8, 4) is 0 Å². The maximum Gasteiger partial charge on any atom is 0.361 e. The molecular weight excluding hydrogens is 935 g/mol. The van der Waals surface area contributed by atoms with Gasteiger partial charge in [0.1, 0.15) is 13.2 Å². The highest BCUT2D eigenvalue weighted by atomic mass is 16.7. The average Bonchev–Trinajstić information content (AvgIpc) is 3.38. The van der Waals surface area contributed by atoms with E-state index in [1.165, 1.54) is 0 Å². The van der Waals surface area contributed by atoms with E-state index in [0.717, 1.165) is 141 Å². The van der Waals surface area contributed by atoms with Gasteiger partial charge in [0, 0.05) is 12.8 Å². The number of esters is 2. The molecule has 0 bridgehead atoms. The van der Waals surface area contributed by atoms with Crippen molar-refractivity contribution in [2.75, 3.05) is 47.5 Å². The second kappa shape index (κ2) is 55.2. The second-order valence-electron chi connectivity index (χ2n) is 19.5. The van der Waals surface area contributed by atoms with E-state index in [2.05, 4.69) is 172 Å². The smallest absolute Gasteiger partial charge is 0.361 e. The van der Waals surface area contributed by atoms with E-state index in [0.29, 0.717) is 23.9 Å². The number of nitrogens with zero attached hydrogens (tertiary/aromatic N) is 1. The number of quaternary nitrogens is 1. The van der Waals surface area contributed by atoms with Crippen LogP contribution in [0.3, 0.4) is 0 Å². The largest absolute Gasteiger partial charge is 0.477 e. The summed E-state index contributed by atoms with van der Waals surface area (Å²) in [6.07, 6.45) is 78.8. The van der Waals surface area contributed by atoms with Crippen LogP contribution >= 0.6 is 0 Å². The van der Waals surface area contributed by atoms with Crippen LogP contribution < -0.4 is 0 Å². The second-order valence-corrected chi connectivity index (χ2v) is 19.5. The van der Waals surface area contributed by atoms with E-state index in [9.17, 15) is 19.5 Å². The molecule has 420 valence electrons. The number of aliphatic carboxylic acids is 1. The third kappa shape index (κ3) is 56.5. The van der Waals surface area contributed by atoms with Gasteiger partial charge in [-0.3, -0.25) is 9.59 Å². The molecule has 1 N–H and O–H groups in total. The number of allylic oxidation sites excluding steroid dienone is 26. The molecule has 0 aliphatic heterocycles. The van der Waals surface area contributed by atoms with Crippen molar-refractivity contribution in [2.45, 2.75) is 193 Å². The maximum atomic E-state index is 12.9. The van der Waals surface area contributed by atoms with Gasteiger partial charge < -0.3 is 28.5 Å². The van der Waals surface area contributed by atoms with Crippen molar-refractivity contribution in [2.24, 2.45) is 0 Å². The molecular formula is C66H104NO8+. The van der Waals surface area contributed by atoms with Crippen molar-refractivity contribution in [1.29, 1.82) is 0 Å². The van der Waals surface area contributed by atoms with Gasteiger partial charge in [0.15, 0.2) is 6.10 Å². The van der Waals surface area contributed by atoms with Gasteiger partial charge in [-0.25, -0.2) is 4.79 Å². The molecule has 0 aliphatic carbocycles. The van der Waals surface area contributed by atoms with Gasteiger partial charge >= 0.3 is 17.9 Å². The van der Waals surface area contributed by atoms with Crippen LogP contribution in [-0.2, 0) is 33.3 Å². The molecule has 0 spiro atoms. The Morgan fingerprint density at radius 3 is 1.08 bits per heavy atom. The van der Waals surface area contributed by atoms with E-state index in [1.807, 2.05) is 21.1 Å². The normalized spacial score (nSPS) is 14.0. The number of ether oxygens (including phenoxy) is 4. The molecule has 0 aromatic carbocycles. The van der Waals surface area contributed by atoms with Gasteiger partial charge in [-0.2, -0.15) is 0 Å². The summed E-state index contributed by atoms with van der Waals surface area (Å²) in [5, 5.41) is 9.70. The van der Waals surface area contributed by atoms with Crippen molar-refractivity contribution in [3.63, 3.8) is 0 Å². The Labute approximate surface area is 457 Å². The molecule has 0 aliphatic rings. The zero-order chi connectivity index (χ0) is 54.8. The van der Waals surface area contributed by atoms with Crippen molar-refractivity contribution in [1.82, 2.24) is 0 Å². The third-order valence-corrected chi connectivity index (χ3v) is 11.3. The summed E-state index contributed by atoms with van der Waals surface area (Å²) in [7, 11) is 5.93. The molecule has 75 heavy (non-hydrogen) atoms. The van der Waals surface area contributed by atoms with Crippen molar-refractivity contribution in [3.05, 3.63) is 158 Å². The fraction of sp³-hybridized carbons (Fsp3) is 0.561. The summed E-state index contributed by atoms with van der Waals surface area (Å²) < 4.78 is 22.8. The predicted octanol–water partition coefficient (Wildman–Crippen LogP) is 17.0. The van der Waals surface area contributed by atoms with E-state index >= 15 is 0 Å². The molecule has 0 saturated heterocycles. The quantitative estimate of drug-likeness (QED) is 0.0211. The van der Waals surface area contributed by atoms with Crippen LogP contribution in [0, 0.1) is 0 Å². The van der Waals surface area contributed by atoms with Crippen molar-refractivity contribution >= 4 is 17.9 Å². The first-order valence-electron chi connectivity index (χ1n) is 28.6. The first-order chi connectivity index (χ1) is 36.6. The van der Waals surface area contributed by atoms with Crippen LogP contribution in [0.25, 0.3) is 0 Å². The summed E-state index contributed by atoms with van der Waals surface area (Å²) in [6, 6.07) is 0. The lowest BCUT2D eigenvalue weighted by atomic mass is 10.1. The number of hydrogen-bond donors (Lipinski definition) is 1. The minimum atomic E-state index is -1.54. The average molecular weight is 1040 g/mol. The molecule has 0 rings (SSSR count). The molecule has 0 saturated carbocycles. The highest BCUT2D eigenvalue weighted by Crippen LogP contribution is 2.12. The topological polar surface area (TPSA) is 108 Å². The zero-order valence-corrected chi connectivity index (χ0v) is 47.6. The fourth-order valence-electron chi connectivity index (χ4n) is 6.94. The number of carboxylic acid groups (broad SMARTS) is 1. The Morgan fingerprint density at radius 2 is 0.720 bits per heavy atom. The van der Waals surface area contributed by atoms with Crippen LogP contribution in [0.4, 0.5) is 0 Å². The summed E-state index contributed by atoms with van der Waals surface area (Å²) in [6.45, 7) is 4.56. The molecule has 0 aromatic rings. The Kier molecular flexibility index (Phi) is 51.4. The van der Waals surface area contributed by atoms with Crippen LogP contribution in [-0.4, -0.2) is 87.4 Å². The third-order valence-electron chi connectivity index (χ3n) is 11.3. The minimum Gasteiger partial charge on any atom is -0.477 e. The van der Waals surface area contributed by atoms with E-state index < -0.39 is 24.3 Å². The summed E-state index contributed by atoms with van der Waals surface area (Å²) in [4.78, 5) is 37.4. The van der Waals surface area contributed by atoms with E-state index in [-0.39, 0.29) is 38.6 Å². The maximum absolute atomic E-state index is 12.9. The molecule has 9 heteroatoms. The summed E-state index contributed by atoms with van der Waals surface area (Å²) in [5.74, 6) is -2.10. The van der Waals surface area contributed by atoms with Crippen LogP contribution in [0.5, 0.6) is 0 Å². The van der Waals surface area contributed by atoms with Crippen molar-refractivity contribution < 1.29 is 42.9 Å². The van der Waals surface area contributed by atoms with Gasteiger partial charge in [-0.1, -0.05) is 204 Å². The first-order valence-corrected chi connectivity index (χ1v) is 28.6. The van der Waals surface area contributed by atoms with Gasteiger partial charge in [0.05, 0.1) is 34.4 Å². The zero-order valence-electron chi connectivity index (χ0n) is 47.6. The van der Waals surface area contributed by atoms with Gasteiger partial charge in [0.2, 0.25) is 0 Å². The number of hydrogen-bond acceptors (Lipinski definition) is 7. The Bertz CT molecular complexity index is 1780. The van der Waals surface area contributed by atoms with Gasteiger partial charge in [-0.15, -0.1) is 0 Å². The molecule has 2 atom stereocenters. The van der Waals surface area contributed by atoms with Crippen LogP contribution in [0.15, 0.2) is 158 Å². The highest BCUT2D eigenvalue weighted by molar-refractivity contribution is 5.71. The molecule has 0 amide bonds. The first kappa shape index (κ1) is 69.9. The number of likely N-dealkylation sites (N-methyl/N-ethyl adjacent to an activating group) is 1. The number of unbranched alkanes of at least 4 members (excludes halogenated alkanes) is 9. The summed E-state index contributed by atoms with van der Waals surface area (Å²) in [5.41, 5.74) is 0. The summed E-state index contributed by atoms with van der Waals surface area (Å²) >= 11 is 0. The lowest BCUT2D eigenvalue weighted by Gasteiger charge is -2.25. The highest BCUT2D eigenvalue weighted by Gasteiger charge is 2.25. The molecule has 0 heterocycles.